The first-order valence-electron chi connectivity index (χ1n) is 6.79. The third-order valence-corrected chi connectivity index (χ3v) is 3.61. The topological polar surface area (TPSA) is 53.1 Å². The van der Waals surface area contributed by atoms with Crippen LogP contribution in [0.15, 0.2) is 18.2 Å². The van der Waals surface area contributed by atoms with E-state index in [0.717, 1.165) is 54.6 Å². The summed E-state index contributed by atoms with van der Waals surface area (Å²) in [6, 6.07) is 6.21. The molecule has 0 fully saturated rings. The van der Waals surface area contributed by atoms with Crippen molar-refractivity contribution in [3.05, 3.63) is 29.6 Å². The number of nitrogens with two attached hydrogens (primary N) is 1. The maximum Gasteiger partial charge on any atom is 0.131 e. The van der Waals surface area contributed by atoms with Crippen molar-refractivity contribution < 1.29 is 4.74 Å². The number of aryl methyl sites for hydroxylation is 1. The van der Waals surface area contributed by atoms with Crippen LogP contribution in [0.2, 0.25) is 0 Å². The van der Waals surface area contributed by atoms with Crippen molar-refractivity contribution in [1.29, 1.82) is 0 Å². The van der Waals surface area contributed by atoms with Crippen LogP contribution >= 0.6 is 0 Å². The van der Waals surface area contributed by atoms with E-state index in [-0.39, 0.29) is 0 Å². The number of hydrogen-bond donors (Lipinski definition) is 1. The molecule has 0 atom stereocenters. The molecule has 4 heteroatoms. The van der Waals surface area contributed by atoms with Crippen LogP contribution < -0.4 is 10.5 Å². The van der Waals surface area contributed by atoms with Crippen LogP contribution in [0, 0.1) is 6.92 Å². The molecule has 100 valence electrons. The summed E-state index contributed by atoms with van der Waals surface area (Å²) in [5.41, 5.74) is 9.46. The highest BCUT2D eigenvalue weighted by Gasteiger charge is 2.17. The Bertz CT molecular complexity index is 616. The first-order valence-corrected chi connectivity index (χ1v) is 6.79. The van der Waals surface area contributed by atoms with Gasteiger partial charge in [0, 0.05) is 18.5 Å². The average molecular weight is 257 g/mol. The summed E-state index contributed by atoms with van der Waals surface area (Å²) in [5.74, 6) is 2.73. The molecule has 4 nitrogen and oxygen atoms in total. The normalized spacial score (nSPS) is 13.4. The Labute approximate surface area is 113 Å². The zero-order valence-corrected chi connectivity index (χ0v) is 11.4. The third-order valence-electron chi connectivity index (χ3n) is 3.61. The number of anilines is 1. The van der Waals surface area contributed by atoms with Crippen LogP contribution in [0.5, 0.6) is 5.75 Å². The summed E-state index contributed by atoms with van der Waals surface area (Å²) in [7, 11) is 0. The molecule has 1 aromatic carbocycles. The Balaban J connectivity index is 2.05. The van der Waals surface area contributed by atoms with Gasteiger partial charge in [0.1, 0.15) is 23.1 Å². The fraction of sp³-hybridized carbons (Fsp3) is 0.400. The third kappa shape index (κ3) is 1.97. The lowest BCUT2D eigenvalue weighted by atomic mass is 10.1. The number of nitrogens with zero attached hydrogens (tertiary/aromatic N) is 2. The van der Waals surface area contributed by atoms with Gasteiger partial charge in [-0.15, -0.1) is 0 Å². The number of hydrogen-bond acceptors (Lipinski definition) is 3. The molecule has 1 aromatic heterocycles. The number of aromatic nitrogens is 2. The summed E-state index contributed by atoms with van der Waals surface area (Å²) in [6.07, 6.45) is 2.02. The summed E-state index contributed by atoms with van der Waals surface area (Å²) in [4.78, 5) is 4.62. The van der Waals surface area contributed by atoms with Crippen molar-refractivity contribution >= 4 is 5.82 Å². The molecule has 0 unspecified atom stereocenters. The second-order valence-electron chi connectivity index (χ2n) is 4.97. The molecule has 0 aliphatic carbocycles. The fourth-order valence-corrected chi connectivity index (χ4v) is 2.63. The van der Waals surface area contributed by atoms with Gasteiger partial charge in [-0.2, -0.15) is 0 Å². The first kappa shape index (κ1) is 12.1. The van der Waals surface area contributed by atoms with Gasteiger partial charge >= 0.3 is 0 Å². The first-order chi connectivity index (χ1) is 9.20. The van der Waals surface area contributed by atoms with E-state index >= 15 is 0 Å². The van der Waals surface area contributed by atoms with E-state index in [1.54, 1.807) is 0 Å². The SMILES string of the molecule is CCCn1c(C)nc(-c2ccc3c(c2)CCO3)c1N. The molecule has 2 heterocycles. The van der Waals surface area contributed by atoms with Gasteiger partial charge in [-0.3, -0.25) is 0 Å². The van der Waals surface area contributed by atoms with Crippen LogP contribution in [-0.2, 0) is 13.0 Å². The minimum absolute atomic E-state index is 0.762. The predicted octanol–water partition coefficient (Wildman–Crippen LogP) is 2.79. The number of fused-ring (bicyclic) bond motifs is 1. The highest BCUT2D eigenvalue weighted by Crippen LogP contribution is 2.32. The van der Waals surface area contributed by atoms with Crippen molar-refractivity contribution in [1.82, 2.24) is 9.55 Å². The monoisotopic (exact) mass is 257 g/mol. The van der Waals surface area contributed by atoms with Crippen LogP contribution in [0.4, 0.5) is 5.82 Å². The van der Waals surface area contributed by atoms with E-state index in [2.05, 4.69) is 22.5 Å². The predicted molar refractivity (Wildman–Crippen MR) is 76.3 cm³/mol. The van der Waals surface area contributed by atoms with Crippen molar-refractivity contribution in [3.63, 3.8) is 0 Å². The summed E-state index contributed by atoms with van der Waals surface area (Å²) >= 11 is 0. The second-order valence-corrected chi connectivity index (χ2v) is 4.97. The molecule has 19 heavy (non-hydrogen) atoms. The van der Waals surface area contributed by atoms with E-state index < -0.39 is 0 Å². The lowest BCUT2D eigenvalue weighted by Crippen LogP contribution is -2.04. The molecule has 0 amide bonds. The van der Waals surface area contributed by atoms with E-state index in [0.29, 0.717) is 0 Å². The number of rotatable bonds is 3. The molecule has 1 aliphatic heterocycles. The van der Waals surface area contributed by atoms with Gasteiger partial charge in [-0.25, -0.2) is 4.98 Å². The zero-order chi connectivity index (χ0) is 13.4. The smallest absolute Gasteiger partial charge is 0.131 e. The highest BCUT2D eigenvalue weighted by molar-refractivity contribution is 5.72. The molecule has 0 saturated heterocycles. The van der Waals surface area contributed by atoms with Gasteiger partial charge in [0.2, 0.25) is 0 Å². The van der Waals surface area contributed by atoms with Crippen LogP contribution in [0.1, 0.15) is 24.7 Å². The van der Waals surface area contributed by atoms with Gasteiger partial charge in [0.15, 0.2) is 0 Å². The van der Waals surface area contributed by atoms with Gasteiger partial charge < -0.3 is 15.0 Å². The summed E-state index contributed by atoms with van der Waals surface area (Å²) in [5, 5.41) is 0. The van der Waals surface area contributed by atoms with Gasteiger partial charge in [0.25, 0.3) is 0 Å². The van der Waals surface area contributed by atoms with E-state index in [1.807, 2.05) is 19.1 Å². The largest absolute Gasteiger partial charge is 0.493 e. The van der Waals surface area contributed by atoms with Crippen molar-refractivity contribution in [2.75, 3.05) is 12.3 Å². The number of ether oxygens (including phenoxy) is 1. The van der Waals surface area contributed by atoms with Crippen molar-refractivity contribution in [2.24, 2.45) is 0 Å². The molecule has 0 radical (unpaired) electrons. The number of imidazole rings is 1. The molecule has 3 rings (SSSR count). The van der Waals surface area contributed by atoms with Crippen LogP contribution in [-0.4, -0.2) is 16.2 Å². The molecule has 2 N–H and O–H groups in total. The Kier molecular flexibility index (Phi) is 2.93. The Morgan fingerprint density at radius 1 is 1.42 bits per heavy atom. The number of nitrogen functional groups attached to an aromatic ring is 1. The molecule has 2 aromatic rings. The lowest BCUT2D eigenvalue weighted by molar-refractivity contribution is 0.357. The Morgan fingerprint density at radius 3 is 3.05 bits per heavy atom. The quantitative estimate of drug-likeness (QED) is 0.919. The van der Waals surface area contributed by atoms with Crippen LogP contribution in [0.3, 0.4) is 0 Å². The summed E-state index contributed by atoms with van der Waals surface area (Å²) < 4.78 is 7.61. The van der Waals surface area contributed by atoms with Crippen LogP contribution in [0.25, 0.3) is 11.3 Å². The molecule has 0 spiro atoms. The van der Waals surface area contributed by atoms with E-state index in [9.17, 15) is 0 Å². The Morgan fingerprint density at radius 2 is 2.26 bits per heavy atom. The Hall–Kier alpha value is -1.97. The maximum absolute atomic E-state index is 6.24. The molecular formula is C15H19N3O. The number of benzene rings is 1. The molecular weight excluding hydrogens is 238 g/mol. The van der Waals surface area contributed by atoms with Crippen molar-refractivity contribution in [3.8, 4) is 17.0 Å². The summed E-state index contributed by atoms with van der Waals surface area (Å²) in [6.45, 7) is 5.84. The van der Waals surface area contributed by atoms with Gasteiger partial charge in [-0.1, -0.05) is 6.92 Å². The molecule has 1 aliphatic rings. The molecule has 0 bridgehead atoms. The van der Waals surface area contributed by atoms with Gasteiger partial charge in [-0.05, 0) is 37.1 Å². The van der Waals surface area contributed by atoms with E-state index in [4.69, 9.17) is 10.5 Å². The van der Waals surface area contributed by atoms with Crippen molar-refractivity contribution in [2.45, 2.75) is 33.2 Å². The maximum atomic E-state index is 6.24. The zero-order valence-electron chi connectivity index (χ0n) is 11.4. The minimum atomic E-state index is 0.762. The van der Waals surface area contributed by atoms with E-state index in [1.165, 1.54) is 5.56 Å². The second kappa shape index (κ2) is 4.61. The highest BCUT2D eigenvalue weighted by atomic mass is 16.5. The minimum Gasteiger partial charge on any atom is -0.493 e. The lowest BCUT2D eigenvalue weighted by Gasteiger charge is -2.06. The molecule has 0 saturated carbocycles. The standard InChI is InChI=1S/C15H19N3O/c1-3-7-18-10(2)17-14(15(18)16)12-4-5-13-11(9-12)6-8-19-13/h4-5,9H,3,6-8,16H2,1-2H3. The average Bonchev–Trinajstić information content (AvgIpc) is 2.97. The van der Waals surface area contributed by atoms with Gasteiger partial charge in [0.05, 0.1) is 6.61 Å². The fourth-order valence-electron chi connectivity index (χ4n) is 2.63.